The number of primary amides is 1. The molecular weight excluding hydrogens is 427 g/mol. The number of nitrogens with one attached hydrogen (secondary N) is 2. The molecule has 9 heteroatoms. The minimum atomic E-state index is -0.661. The van der Waals surface area contributed by atoms with Gasteiger partial charge in [-0.05, 0) is 38.1 Å². The number of nitrogens with two attached hydrogens (primary N) is 1. The Morgan fingerprint density at radius 1 is 1.28 bits per heavy atom. The summed E-state index contributed by atoms with van der Waals surface area (Å²) in [5, 5.41) is 9.07. The van der Waals surface area contributed by atoms with E-state index in [1.165, 1.54) is 23.6 Å². The minimum Gasteiger partial charge on any atom is -0.370 e. The molecule has 0 atom stereocenters. The number of aromatic nitrogens is 2. The van der Waals surface area contributed by atoms with E-state index >= 15 is 0 Å². The molecule has 0 radical (unpaired) electrons. The summed E-state index contributed by atoms with van der Waals surface area (Å²) >= 11 is 1.42. The van der Waals surface area contributed by atoms with Crippen molar-refractivity contribution in [3.05, 3.63) is 66.2 Å². The van der Waals surface area contributed by atoms with Gasteiger partial charge in [-0.1, -0.05) is 18.7 Å². The highest BCUT2D eigenvalue weighted by atomic mass is 32.1. The summed E-state index contributed by atoms with van der Waals surface area (Å²) < 4.78 is 13.4. The molecule has 0 spiro atoms. The van der Waals surface area contributed by atoms with Crippen molar-refractivity contribution in [2.45, 2.75) is 18.4 Å². The van der Waals surface area contributed by atoms with E-state index in [1.54, 1.807) is 13.1 Å². The number of carbonyl (C=O) groups is 1. The van der Waals surface area contributed by atoms with Crippen LogP contribution in [0.4, 0.5) is 15.8 Å². The first kappa shape index (κ1) is 21.9. The maximum Gasteiger partial charge on any atom is 0.237 e. The van der Waals surface area contributed by atoms with Crippen LogP contribution < -0.4 is 21.3 Å². The van der Waals surface area contributed by atoms with Crippen LogP contribution in [0.25, 0.3) is 16.3 Å². The van der Waals surface area contributed by atoms with E-state index in [1.807, 2.05) is 29.6 Å². The van der Waals surface area contributed by atoms with Gasteiger partial charge in [-0.25, -0.2) is 9.97 Å². The van der Waals surface area contributed by atoms with Gasteiger partial charge in [-0.15, -0.1) is 11.3 Å². The Kier molecular flexibility index (Phi) is 6.20. The maximum atomic E-state index is 13.4. The van der Waals surface area contributed by atoms with Crippen molar-refractivity contribution in [3.8, 4) is 10.6 Å². The molecule has 4 rings (SSSR count). The lowest BCUT2D eigenvalue weighted by molar-refractivity contribution is -0.125. The van der Waals surface area contributed by atoms with Crippen LogP contribution >= 0.6 is 11.3 Å². The molecule has 2 aromatic heterocycles. The van der Waals surface area contributed by atoms with Gasteiger partial charge in [0.2, 0.25) is 11.9 Å². The average molecular weight is 453 g/mol. The lowest BCUT2D eigenvalue weighted by Crippen LogP contribution is -2.59. The molecule has 7 nitrogen and oxygen atoms in total. The fraction of sp³-hybridized carbons (Fsp3) is 0.261. The maximum absolute atomic E-state index is 13.4. The van der Waals surface area contributed by atoms with Crippen molar-refractivity contribution in [1.29, 1.82) is 0 Å². The number of pyridine rings is 1. The number of carbonyl (C=O) groups excluding carboxylic acids is 1. The van der Waals surface area contributed by atoms with Crippen molar-refractivity contribution < 1.29 is 9.18 Å². The number of nitrogens with zero attached hydrogens (tertiary/aromatic N) is 3. The van der Waals surface area contributed by atoms with Gasteiger partial charge in [0.15, 0.2) is 0 Å². The zero-order valence-corrected chi connectivity index (χ0v) is 18.6. The Labute approximate surface area is 190 Å². The predicted octanol–water partition coefficient (Wildman–Crippen LogP) is 3.47. The summed E-state index contributed by atoms with van der Waals surface area (Å²) in [6.07, 6.45) is 2.69. The summed E-state index contributed by atoms with van der Waals surface area (Å²) in [4.78, 5) is 22.4. The van der Waals surface area contributed by atoms with E-state index < -0.39 is 11.5 Å². The smallest absolute Gasteiger partial charge is 0.237 e. The van der Waals surface area contributed by atoms with Gasteiger partial charge in [0.05, 0.1) is 22.8 Å². The highest BCUT2D eigenvalue weighted by Gasteiger charge is 2.38. The molecule has 32 heavy (non-hydrogen) atoms. The van der Waals surface area contributed by atoms with Crippen LogP contribution in [0.15, 0.2) is 54.6 Å². The number of hydrogen-bond acceptors (Lipinski definition) is 7. The number of likely N-dealkylation sites (N-methyl/N-ethyl adjacent to an activating group) is 1. The zero-order valence-electron chi connectivity index (χ0n) is 17.8. The molecule has 0 saturated carbocycles. The lowest BCUT2D eigenvalue weighted by atomic mass is 9.86. The summed E-state index contributed by atoms with van der Waals surface area (Å²) in [5.74, 6) is -0.849. The quantitative estimate of drug-likeness (QED) is 0.475. The monoisotopic (exact) mass is 452 g/mol. The van der Waals surface area contributed by atoms with Crippen LogP contribution in [-0.2, 0) is 4.79 Å². The van der Waals surface area contributed by atoms with E-state index in [-0.39, 0.29) is 5.91 Å². The minimum absolute atomic E-state index is 0.312. The van der Waals surface area contributed by atoms with Gasteiger partial charge in [-0.2, -0.15) is 4.39 Å². The van der Waals surface area contributed by atoms with E-state index in [0.717, 1.165) is 11.4 Å². The standard InChI is InChI=1S/C23H25FN6OS/c1-15(18-14-32-21(29-18)16-7-10-27-20(24)13-16)28-17-5-3-4-6-19(17)30-11-8-23(26-2,9-12-30)22(25)31/h3-7,10,13-14,26,28H,1,8-9,11-12H2,2H3,(H2,25,31). The molecule has 1 fully saturated rings. The number of rotatable bonds is 7. The number of thiazole rings is 1. The Morgan fingerprint density at radius 3 is 2.72 bits per heavy atom. The number of piperidine rings is 1. The highest BCUT2D eigenvalue weighted by molar-refractivity contribution is 7.13. The number of hydrogen-bond donors (Lipinski definition) is 3. The van der Waals surface area contributed by atoms with Crippen molar-refractivity contribution in [2.75, 3.05) is 30.4 Å². The normalized spacial score (nSPS) is 15.4. The van der Waals surface area contributed by atoms with E-state index in [0.29, 0.717) is 47.9 Å². The molecule has 0 unspecified atom stereocenters. The van der Waals surface area contributed by atoms with Gasteiger partial charge < -0.3 is 21.3 Å². The van der Waals surface area contributed by atoms with Gasteiger partial charge in [0, 0.05) is 36.3 Å². The molecular formula is C23H25FN6OS. The zero-order chi connectivity index (χ0) is 22.7. The average Bonchev–Trinajstić information content (AvgIpc) is 3.30. The second-order valence-corrected chi connectivity index (χ2v) is 8.57. The van der Waals surface area contributed by atoms with Crippen LogP contribution in [0.3, 0.4) is 0 Å². The fourth-order valence-corrected chi connectivity index (χ4v) is 4.74. The molecule has 1 aliphatic rings. The molecule has 4 N–H and O–H groups in total. The topological polar surface area (TPSA) is 96.2 Å². The Bertz CT molecular complexity index is 1140. The number of para-hydroxylation sites is 2. The first-order chi connectivity index (χ1) is 15.4. The van der Waals surface area contributed by atoms with Crippen LogP contribution in [0, 0.1) is 5.95 Å². The number of halogens is 1. The summed E-state index contributed by atoms with van der Waals surface area (Å²) in [5.41, 5.74) is 8.92. The molecule has 3 heterocycles. The second-order valence-electron chi connectivity index (χ2n) is 7.71. The lowest BCUT2D eigenvalue weighted by Gasteiger charge is -2.41. The fourth-order valence-electron chi connectivity index (χ4n) is 3.91. The largest absolute Gasteiger partial charge is 0.370 e. The highest BCUT2D eigenvalue weighted by Crippen LogP contribution is 2.33. The second kappa shape index (κ2) is 9.05. The van der Waals surface area contributed by atoms with Crippen LogP contribution in [0.5, 0.6) is 0 Å². The molecule has 1 aromatic carbocycles. The third-order valence-electron chi connectivity index (χ3n) is 5.88. The summed E-state index contributed by atoms with van der Waals surface area (Å²) in [6, 6.07) is 11.1. The Hall–Kier alpha value is -3.30. The van der Waals surface area contributed by atoms with Crippen LogP contribution in [0.1, 0.15) is 18.5 Å². The predicted molar refractivity (Wildman–Crippen MR) is 127 cm³/mol. The third-order valence-corrected chi connectivity index (χ3v) is 6.78. The van der Waals surface area contributed by atoms with Gasteiger partial charge in [0.1, 0.15) is 10.5 Å². The van der Waals surface area contributed by atoms with Crippen molar-refractivity contribution >= 4 is 34.3 Å². The number of amides is 1. The van der Waals surface area contributed by atoms with Crippen LogP contribution in [-0.4, -0.2) is 41.6 Å². The van der Waals surface area contributed by atoms with Gasteiger partial charge in [0.25, 0.3) is 0 Å². The van der Waals surface area contributed by atoms with Crippen LogP contribution in [0.2, 0.25) is 0 Å². The Morgan fingerprint density at radius 2 is 2.03 bits per heavy atom. The molecule has 1 aliphatic heterocycles. The summed E-state index contributed by atoms with van der Waals surface area (Å²) in [6.45, 7) is 5.54. The SMILES string of the molecule is C=C(Nc1ccccc1N1CCC(NC)(C(N)=O)CC1)c1csc(-c2ccnc(F)c2)n1. The number of anilines is 2. The molecule has 0 bridgehead atoms. The summed E-state index contributed by atoms with van der Waals surface area (Å²) in [7, 11) is 1.78. The molecule has 1 saturated heterocycles. The molecule has 0 aliphatic carbocycles. The first-order valence-electron chi connectivity index (χ1n) is 10.3. The van der Waals surface area contributed by atoms with Crippen molar-refractivity contribution in [2.24, 2.45) is 5.73 Å². The third kappa shape index (κ3) is 4.35. The van der Waals surface area contributed by atoms with E-state index in [4.69, 9.17) is 5.73 Å². The molecule has 1 amide bonds. The molecule has 3 aromatic rings. The van der Waals surface area contributed by atoms with E-state index in [9.17, 15) is 9.18 Å². The van der Waals surface area contributed by atoms with Crippen molar-refractivity contribution in [3.63, 3.8) is 0 Å². The molecule has 166 valence electrons. The van der Waals surface area contributed by atoms with Crippen molar-refractivity contribution in [1.82, 2.24) is 15.3 Å². The van der Waals surface area contributed by atoms with Gasteiger partial charge in [-0.3, -0.25) is 4.79 Å². The van der Waals surface area contributed by atoms with Gasteiger partial charge >= 0.3 is 0 Å². The number of benzene rings is 1. The first-order valence-corrected chi connectivity index (χ1v) is 11.2. The van der Waals surface area contributed by atoms with E-state index in [2.05, 4.69) is 32.1 Å². The Balaban J connectivity index is 1.49.